The number of carbonyl (C=O) groups is 2. The van der Waals surface area contributed by atoms with Crippen LogP contribution in [0.4, 0.5) is 5.69 Å². The molecular weight excluding hydrogens is 336 g/mol. The predicted molar refractivity (Wildman–Crippen MR) is 82.6 cm³/mol. The van der Waals surface area contributed by atoms with Gasteiger partial charge in [-0.2, -0.15) is 0 Å². The van der Waals surface area contributed by atoms with Gasteiger partial charge in [-0.15, -0.1) is 0 Å². The maximum Gasteiger partial charge on any atom is 0.339 e. The number of nitrogens with two attached hydrogens (primary N) is 2. The largest absolute Gasteiger partial charge is 0.457 e. The maximum atomic E-state index is 12.0. The minimum atomic E-state index is -0.526. The second-order valence-corrected chi connectivity index (χ2v) is 5.14. The molecule has 0 radical (unpaired) electrons. The zero-order valence-electron chi connectivity index (χ0n) is 11.0. The van der Waals surface area contributed by atoms with Crippen molar-refractivity contribution >= 4 is 33.5 Å². The summed E-state index contributed by atoms with van der Waals surface area (Å²) in [6.07, 6.45) is 0. The summed E-state index contributed by atoms with van der Waals surface area (Å²) >= 11 is 3.25. The maximum absolute atomic E-state index is 12.0. The molecule has 0 unspecified atom stereocenters. The van der Waals surface area contributed by atoms with Crippen molar-refractivity contribution in [2.24, 2.45) is 5.73 Å². The third-order valence-electron chi connectivity index (χ3n) is 2.83. The fourth-order valence-electron chi connectivity index (χ4n) is 1.75. The number of carbonyl (C=O) groups excluding carboxylic acids is 2. The third-order valence-corrected chi connectivity index (χ3v) is 3.71. The van der Waals surface area contributed by atoms with Gasteiger partial charge in [-0.05, 0) is 45.8 Å². The lowest BCUT2D eigenvalue weighted by Crippen LogP contribution is -2.12. The van der Waals surface area contributed by atoms with Crippen LogP contribution in [-0.4, -0.2) is 11.9 Å². The number of primary amides is 1. The summed E-state index contributed by atoms with van der Waals surface area (Å²) in [6, 6.07) is 11.6. The van der Waals surface area contributed by atoms with Crippen LogP contribution in [0.15, 0.2) is 46.9 Å². The summed E-state index contributed by atoms with van der Waals surface area (Å²) in [5, 5.41) is 0. The van der Waals surface area contributed by atoms with Crippen molar-refractivity contribution in [3.8, 4) is 0 Å². The van der Waals surface area contributed by atoms with Crippen LogP contribution >= 0.6 is 15.9 Å². The van der Waals surface area contributed by atoms with Gasteiger partial charge in [-0.1, -0.05) is 18.2 Å². The minimum absolute atomic E-state index is 0.0428. The molecule has 108 valence electrons. The monoisotopic (exact) mass is 348 g/mol. The SMILES string of the molecule is NC(=O)c1cccc(COC(=O)c2cccc(N)c2Br)c1. The number of benzene rings is 2. The van der Waals surface area contributed by atoms with Crippen LogP contribution in [-0.2, 0) is 11.3 Å². The summed E-state index contributed by atoms with van der Waals surface area (Å²) in [5.74, 6) is -1.03. The first kappa shape index (κ1) is 15.1. The minimum Gasteiger partial charge on any atom is -0.457 e. The molecule has 4 N–H and O–H groups in total. The lowest BCUT2D eigenvalue weighted by Gasteiger charge is -2.08. The molecule has 0 fully saturated rings. The van der Waals surface area contributed by atoms with E-state index in [4.69, 9.17) is 16.2 Å². The number of hydrogen-bond donors (Lipinski definition) is 2. The number of halogens is 1. The lowest BCUT2D eigenvalue weighted by molar-refractivity contribution is 0.0471. The molecule has 0 aliphatic carbocycles. The van der Waals surface area contributed by atoms with Gasteiger partial charge in [0.25, 0.3) is 0 Å². The van der Waals surface area contributed by atoms with E-state index >= 15 is 0 Å². The molecule has 0 heterocycles. The van der Waals surface area contributed by atoms with Crippen molar-refractivity contribution in [3.05, 3.63) is 63.6 Å². The Hall–Kier alpha value is -2.34. The molecule has 0 atom stereocenters. The molecule has 0 aliphatic heterocycles. The van der Waals surface area contributed by atoms with E-state index in [2.05, 4.69) is 15.9 Å². The van der Waals surface area contributed by atoms with Crippen LogP contribution in [0, 0.1) is 0 Å². The molecule has 0 spiro atoms. The van der Waals surface area contributed by atoms with Crippen LogP contribution in [0.2, 0.25) is 0 Å². The molecule has 2 rings (SSSR count). The molecule has 21 heavy (non-hydrogen) atoms. The molecule has 0 saturated heterocycles. The number of rotatable bonds is 4. The fraction of sp³-hybridized carbons (Fsp3) is 0.0667. The van der Waals surface area contributed by atoms with E-state index in [0.717, 1.165) is 0 Å². The Balaban J connectivity index is 2.09. The van der Waals surface area contributed by atoms with Gasteiger partial charge in [0.1, 0.15) is 6.61 Å². The van der Waals surface area contributed by atoms with E-state index in [0.29, 0.717) is 26.9 Å². The van der Waals surface area contributed by atoms with Gasteiger partial charge in [-0.25, -0.2) is 4.79 Å². The van der Waals surface area contributed by atoms with Gasteiger partial charge < -0.3 is 16.2 Å². The molecule has 1 amide bonds. The number of anilines is 1. The van der Waals surface area contributed by atoms with E-state index in [1.807, 2.05) is 0 Å². The molecule has 0 saturated carbocycles. The summed E-state index contributed by atoms with van der Waals surface area (Å²) in [7, 11) is 0. The number of hydrogen-bond acceptors (Lipinski definition) is 4. The van der Waals surface area contributed by atoms with Crippen molar-refractivity contribution in [3.63, 3.8) is 0 Å². The van der Waals surface area contributed by atoms with Crippen LogP contribution in [0.25, 0.3) is 0 Å². The van der Waals surface area contributed by atoms with Gasteiger partial charge in [0, 0.05) is 11.3 Å². The third kappa shape index (κ3) is 3.61. The van der Waals surface area contributed by atoms with Gasteiger partial charge in [0.05, 0.1) is 10.0 Å². The standard InChI is InChI=1S/C15H13BrN2O3/c16-13-11(5-2-6-12(13)17)15(20)21-8-9-3-1-4-10(7-9)14(18)19/h1-7H,8,17H2,(H2,18,19). The first-order valence-corrected chi connectivity index (χ1v) is 6.88. The van der Waals surface area contributed by atoms with Crippen LogP contribution in [0.5, 0.6) is 0 Å². The number of ether oxygens (including phenoxy) is 1. The average molecular weight is 349 g/mol. The molecule has 2 aromatic rings. The van der Waals surface area contributed by atoms with E-state index < -0.39 is 11.9 Å². The van der Waals surface area contributed by atoms with Crippen molar-refractivity contribution in [2.75, 3.05) is 5.73 Å². The summed E-state index contributed by atoms with van der Waals surface area (Å²) in [4.78, 5) is 23.1. The van der Waals surface area contributed by atoms with E-state index in [-0.39, 0.29) is 6.61 Å². The van der Waals surface area contributed by atoms with Crippen LogP contribution in [0.1, 0.15) is 26.3 Å². The van der Waals surface area contributed by atoms with Gasteiger partial charge in [0.2, 0.25) is 5.91 Å². The van der Waals surface area contributed by atoms with Gasteiger partial charge >= 0.3 is 5.97 Å². The van der Waals surface area contributed by atoms with E-state index in [1.165, 1.54) is 0 Å². The number of nitrogen functional groups attached to an aromatic ring is 1. The zero-order valence-corrected chi connectivity index (χ0v) is 12.6. The van der Waals surface area contributed by atoms with Crippen LogP contribution in [0.3, 0.4) is 0 Å². The van der Waals surface area contributed by atoms with Crippen molar-refractivity contribution in [1.29, 1.82) is 0 Å². The fourth-order valence-corrected chi connectivity index (χ4v) is 2.17. The Bertz CT molecular complexity index is 701. The second-order valence-electron chi connectivity index (χ2n) is 4.35. The van der Waals surface area contributed by atoms with Gasteiger partial charge in [-0.3, -0.25) is 4.79 Å². The summed E-state index contributed by atoms with van der Waals surface area (Å²) < 4.78 is 5.71. The van der Waals surface area contributed by atoms with Crippen molar-refractivity contribution in [1.82, 2.24) is 0 Å². The first-order chi connectivity index (χ1) is 9.99. The molecule has 2 aromatic carbocycles. The highest BCUT2D eigenvalue weighted by Gasteiger charge is 2.13. The smallest absolute Gasteiger partial charge is 0.339 e. The summed E-state index contributed by atoms with van der Waals surface area (Å²) in [6.45, 7) is 0.0428. The molecule has 0 bridgehead atoms. The Morgan fingerprint density at radius 1 is 1.14 bits per heavy atom. The topological polar surface area (TPSA) is 95.4 Å². The highest BCUT2D eigenvalue weighted by atomic mass is 79.9. The van der Waals surface area contributed by atoms with E-state index in [1.54, 1.807) is 42.5 Å². The number of esters is 1. The Kier molecular flexibility index (Phi) is 4.59. The normalized spacial score (nSPS) is 10.1. The molecule has 6 heteroatoms. The molecular formula is C15H13BrN2O3. The van der Waals surface area contributed by atoms with Gasteiger partial charge in [0.15, 0.2) is 0 Å². The molecule has 0 aliphatic rings. The van der Waals surface area contributed by atoms with Crippen molar-refractivity contribution < 1.29 is 14.3 Å². The Morgan fingerprint density at radius 3 is 2.57 bits per heavy atom. The molecule has 0 aromatic heterocycles. The van der Waals surface area contributed by atoms with E-state index in [9.17, 15) is 9.59 Å². The Labute approximate surface area is 130 Å². The quantitative estimate of drug-likeness (QED) is 0.655. The highest BCUT2D eigenvalue weighted by Crippen LogP contribution is 2.24. The second kappa shape index (κ2) is 6.41. The average Bonchev–Trinajstić information content (AvgIpc) is 2.48. The highest BCUT2D eigenvalue weighted by molar-refractivity contribution is 9.10. The molecule has 5 nitrogen and oxygen atoms in total. The lowest BCUT2D eigenvalue weighted by atomic mass is 10.1. The summed E-state index contributed by atoms with van der Waals surface area (Å²) in [5.41, 5.74) is 12.8. The zero-order chi connectivity index (χ0) is 15.4. The number of amides is 1. The first-order valence-electron chi connectivity index (χ1n) is 6.09. The Morgan fingerprint density at radius 2 is 1.86 bits per heavy atom. The predicted octanol–water partition coefficient (Wildman–Crippen LogP) is 2.49. The van der Waals surface area contributed by atoms with Crippen molar-refractivity contribution in [2.45, 2.75) is 6.61 Å². The van der Waals surface area contributed by atoms with Crippen LogP contribution < -0.4 is 11.5 Å².